The molecule has 0 radical (unpaired) electrons. The number of nitrogens with one attached hydrogen (secondary N) is 1. The van der Waals surface area contributed by atoms with E-state index in [1.807, 2.05) is 18.0 Å². The maximum Gasteiger partial charge on any atom is 0.0809 e. The summed E-state index contributed by atoms with van der Waals surface area (Å²) in [5.74, 6) is 1.16. The second-order valence-electron chi connectivity index (χ2n) is 4.52. The van der Waals surface area contributed by atoms with Crippen molar-refractivity contribution < 1.29 is 0 Å². The van der Waals surface area contributed by atoms with Gasteiger partial charge in [-0.3, -0.25) is 4.98 Å². The molecule has 4 heteroatoms. The van der Waals surface area contributed by atoms with Gasteiger partial charge in [0.1, 0.15) is 0 Å². The van der Waals surface area contributed by atoms with Gasteiger partial charge in [0.25, 0.3) is 0 Å². The summed E-state index contributed by atoms with van der Waals surface area (Å²) >= 11 is 3.66. The highest BCUT2D eigenvalue weighted by atomic mass is 32.2. The van der Waals surface area contributed by atoms with E-state index in [2.05, 4.69) is 47.9 Å². The third kappa shape index (κ3) is 3.25. The van der Waals surface area contributed by atoms with Crippen molar-refractivity contribution in [3.63, 3.8) is 0 Å². The first-order valence-electron chi connectivity index (χ1n) is 6.32. The molecule has 0 saturated heterocycles. The predicted molar refractivity (Wildman–Crippen MR) is 83.6 cm³/mol. The summed E-state index contributed by atoms with van der Waals surface area (Å²) in [4.78, 5) is 4.51. The second kappa shape index (κ2) is 6.55. The maximum atomic E-state index is 4.51. The number of thioether (sulfide) groups is 1. The zero-order chi connectivity index (χ0) is 13.0. The van der Waals surface area contributed by atoms with Gasteiger partial charge in [0.15, 0.2) is 0 Å². The Labute approximate surface area is 117 Å². The molecule has 1 N–H and O–H groups in total. The predicted octanol–water partition coefficient (Wildman–Crippen LogP) is 4.09. The molecule has 2 atom stereocenters. The Hall–Kier alpha value is -0.580. The molecule has 0 aliphatic carbocycles. The Morgan fingerprint density at radius 2 is 2.33 bits per heavy atom. The number of nitrogens with zero attached hydrogens (tertiary/aromatic N) is 1. The van der Waals surface area contributed by atoms with Crippen LogP contribution < -0.4 is 5.32 Å². The van der Waals surface area contributed by atoms with Crippen LogP contribution >= 0.6 is 23.1 Å². The minimum Gasteiger partial charge on any atom is -0.307 e. The van der Waals surface area contributed by atoms with E-state index in [1.54, 1.807) is 11.3 Å². The summed E-state index contributed by atoms with van der Waals surface area (Å²) in [6, 6.07) is 5.27. The number of fused-ring (bicyclic) bond motifs is 1. The fourth-order valence-corrected chi connectivity index (χ4v) is 3.56. The normalized spacial score (nSPS) is 14.8. The van der Waals surface area contributed by atoms with Crippen LogP contribution in [0.25, 0.3) is 10.2 Å². The molecule has 18 heavy (non-hydrogen) atoms. The lowest BCUT2D eigenvalue weighted by atomic mass is 10.1. The minimum absolute atomic E-state index is 0.362. The van der Waals surface area contributed by atoms with Crippen LogP contribution in [0.3, 0.4) is 0 Å². The van der Waals surface area contributed by atoms with E-state index in [4.69, 9.17) is 0 Å². The molecule has 2 aromatic rings. The quantitative estimate of drug-likeness (QED) is 0.862. The SMILES string of the molecule is CCC(CSC)NC(C)c1cnc2ccsc2c1. The van der Waals surface area contributed by atoms with E-state index in [0.29, 0.717) is 12.1 Å². The molecule has 2 rings (SSSR count). The first-order chi connectivity index (χ1) is 8.74. The van der Waals surface area contributed by atoms with Crippen LogP contribution in [0.1, 0.15) is 31.9 Å². The lowest BCUT2D eigenvalue weighted by Crippen LogP contribution is -2.33. The van der Waals surface area contributed by atoms with E-state index >= 15 is 0 Å². The molecule has 0 aliphatic heterocycles. The highest BCUT2D eigenvalue weighted by Gasteiger charge is 2.12. The van der Waals surface area contributed by atoms with E-state index in [9.17, 15) is 0 Å². The molecule has 0 amide bonds. The molecule has 98 valence electrons. The van der Waals surface area contributed by atoms with Crippen molar-refractivity contribution in [1.29, 1.82) is 0 Å². The Morgan fingerprint density at radius 3 is 3.06 bits per heavy atom. The Bertz CT molecular complexity index is 495. The Balaban J connectivity index is 2.09. The molecule has 2 nitrogen and oxygen atoms in total. The fraction of sp³-hybridized carbons (Fsp3) is 0.500. The van der Waals surface area contributed by atoms with Crippen molar-refractivity contribution in [3.05, 3.63) is 29.3 Å². The van der Waals surface area contributed by atoms with Crippen LogP contribution in [-0.2, 0) is 0 Å². The fourth-order valence-electron chi connectivity index (χ4n) is 2.03. The van der Waals surface area contributed by atoms with Gasteiger partial charge in [0.05, 0.1) is 10.2 Å². The molecule has 2 unspecified atom stereocenters. The molecule has 0 aliphatic rings. The number of hydrogen-bond acceptors (Lipinski definition) is 4. The number of hydrogen-bond donors (Lipinski definition) is 1. The summed E-state index contributed by atoms with van der Waals surface area (Å²) in [5.41, 5.74) is 2.39. The van der Waals surface area contributed by atoms with E-state index < -0.39 is 0 Å². The molecule has 0 aromatic carbocycles. The van der Waals surface area contributed by atoms with Gasteiger partial charge in [0.2, 0.25) is 0 Å². The first-order valence-corrected chi connectivity index (χ1v) is 8.60. The van der Waals surface area contributed by atoms with Gasteiger partial charge in [-0.2, -0.15) is 11.8 Å². The van der Waals surface area contributed by atoms with Gasteiger partial charge < -0.3 is 5.32 Å². The van der Waals surface area contributed by atoms with Crippen molar-refractivity contribution in [2.45, 2.75) is 32.4 Å². The van der Waals surface area contributed by atoms with Crippen molar-refractivity contribution in [2.24, 2.45) is 0 Å². The van der Waals surface area contributed by atoms with Gasteiger partial charge >= 0.3 is 0 Å². The monoisotopic (exact) mass is 280 g/mol. The zero-order valence-electron chi connectivity index (χ0n) is 11.1. The number of thiophene rings is 1. The average Bonchev–Trinajstić information content (AvgIpc) is 2.85. The zero-order valence-corrected chi connectivity index (χ0v) is 12.8. The van der Waals surface area contributed by atoms with Crippen LogP contribution in [0.2, 0.25) is 0 Å². The molecule has 0 bridgehead atoms. The van der Waals surface area contributed by atoms with Crippen molar-refractivity contribution in [2.75, 3.05) is 12.0 Å². The third-order valence-corrected chi connectivity index (χ3v) is 4.76. The molecule has 0 saturated carbocycles. The van der Waals surface area contributed by atoms with E-state index in [0.717, 1.165) is 11.3 Å². The van der Waals surface area contributed by atoms with Crippen molar-refractivity contribution in [1.82, 2.24) is 10.3 Å². The summed E-state index contributed by atoms with van der Waals surface area (Å²) in [6.45, 7) is 4.46. The van der Waals surface area contributed by atoms with Gasteiger partial charge in [-0.25, -0.2) is 0 Å². The lowest BCUT2D eigenvalue weighted by molar-refractivity contribution is 0.474. The largest absolute Gasteiger partial charge is 0.307 e. The average molecular weight is 280 g/mol. The summed E-state index contributed by atoms with van der Waals surface area (Å²) in [5, 5.41) is 5.78. The summed E-state index contributed by atoms with van der Waals surface area (Å²) in [6.07, 6.45) is 5.33. The molecule has 2 heterocycles. The first kappa shape index (κ1) is 13.8. The van der Waals surface area contributed by atoms with Crippen LogP contribution in [0.15, 0.2) is 23.7 Å². The molecule has 2 aromatic heterocycles. The molecular weight excluding hydrogens is 260 g/mol. The number of pyridine rings is 1. The van der Waals surface area contributed by atoms with Gasteiger partial charge in [-0.1, -0.05) is 6.92 Å². The number of rotatable bonds is 6. The molecule has 0 fully saturated rings. The summed E-state index contributed by atoms with van der Waals surface area (Å²) in [7, 11) is 0. The topological polar surface area (TPSA) is 24.9 Å². The van der Waals surface area contributed by atoms with Crippen LogP contribution in [0.5, 0.6) is 0 Å². The van der Waals surface area contributed by atoms with Gasteiger partial charge in [0, 0.05) is 24.0 Å². The Morgan fingerprint density at radius 1 is 1.50 bits per heavy atom. The third-order valence-electron chi connectivity index (χ3n) is 3.17. The maximum absolute atomic E-state index is 4.51. The lowest BCUT2D eigenvalue weighted by Gasteiger charge is -2.21. The highest BCUT2D eigenvalue weighted by molar-refractivity contribution is 7.98. The van der Waals surface area contributed by atoms with Crippen LogP contribution in [-0.4, -0.2) is 23.0 Å². The summed E-state index contributed by atoms with van der Waals surface area (Å²) < 4.78 is 1.28. The smallest absolute Gasteiger partial charge is 0.0809 e. The van der Waals surface area contributed by atoms with Crippen molar-refractivity contribution in [3.8, 4) is 0 Å². The van der Waals surface area contributed by atoms with Gasteiger partial charge in [-0.15, -0.1) is 11.3 Å². The van der Waals surface area contributed by atoms with Crippen LogP contribution in [0.4, 0.5) is 0 Å². The minimum atomic E-state index is 0.362. The van der Waals surface area contributed by atoms with Gasteiger partial charge in [-0.05, 0) is 42.7 Å². The number of aromatic nitrogens is 1. The molecule has 0 spiro atoms. The van der Waals surface area contributed by atoms with Crippen molar-refractivity contribution >= 4 is 33.3 Å². The second-order valence-corrected chi connectivity index (χ2v) is 6.38. The Kier molecular flexibility index (Phi) is 5.03. The van der Waals surface area contributed by atoms with E-state index in [-0.39, 0.29) is 0 Å². The van der Waals surface area contributed by atoms with Crippen LogP contribution in [0, 0.1) is 0 Å². The standard InChI is InChI=1S/C14H20N2S2/c1-4-12(9-17-3)16-10(2)11-7-14-13(15-8-11)5-6-18-14/h5-8,10,12,16H,4,9H2,1-3H3. The highest BCUT2D eigenvalue weighted by Crippen LogP contribution is 2.23. The van der Waals surface area contributed by atoms with E-state index in [1.165, 1.54) is 16.7 Å². The molecular formula is C14H20N2S2.